The van der Waals surface area contributed by atoms with E-state index in [4.69, 9.17) is 5.48 Å². The lowest BCUT2D eigenvalue weighted by Gasteiger charge is -2.19. The van der Waals surface area contributed by atoms with Crippen molar-refractivity contribution in [3.8, 4) is 33.4 Å². The van der Waals surface area contributed by atoms with Crippen LogP contribution >= 0.6 is 0 Å². The lowest BCUT2D eigenvalue weighted by molar-refractivity contribution is 1.61. The number of hydrogen-bond acceptors (Lipinski definition) is 0. The van der Waals surface area contributed by atoms with E-state index in [2.05, 4.69) is 24.3 Å². The van der Waals surface area contributed by atoms with Gasteiger partial charge in [0.05, 0.1) is 11.0 Å². The zero-order chi connectivity index (χ0) is 36.0. The molecular formula is C44H28. The fourth-order valence-corrected chi connectivity index (χ4v) is 6.72. The summed E-state index contributed by atoms with van der Waals surface area (Å²) in [7, 11) is 0. The lowest BCUT2D eigenvalue weighted by Crippen LogP contribution is -1.92. The van der Waals surface area contributed by atoms with Gasteiger partial charge in [-0.25, -0.2) is 0 Å². The number of rotatable bonds is 3. The van der Waals surface area contributed by atoms with Crippen LogP contribution in [0.4, 0.5) is 0 Å². The largest absolute Gasteiger partial charge is 0.0629 e. The fourth-order valence-electron chi connectivity index (χ4n) is 6.72. The van der Waals surface area contributed by atoms with Crippen LogP contribution in [-0.4, -0.2) is 0 Å². The molecule has 0 heteroatoms. The Hall–Kier alpha value is -5.72. The molecule has 0 fully saturated rings. The summed E-state index contributed by atoms with van der Waals surface area (Å²) >= 11 is 0. The van der Waals surface area contributed by atoms with Gasteiger partial charge < -0.3 is 0 Å². The fraction of sp³-hybridized carbons (Fsp3) is 0. The maximum atomic E-state index is 9.38. The molecule has 0 aliphatic carbocycles. The molecule has 9 aromatic rings. The summed E-state index contributed by atoms with van der Waals surface area (Å²) in [5.74, 6) is 0. The number of hydrogen-bond donors (Lipinski definition) is 0. The van der Waals surface area contributed by atoms with Crippen LogP contribution in [0, 0.1) is 0 Å². The highest BCUT2D eigenvalue weighted by molar-refractivity contribution is 6.27. The van der Waals surface area contributed by atoms with Crippen molar-refractivity contribution in [2.45, 2.75) is 0 Å². The Morgan fingerprint density at radius 1 is 0.318 bits per heavy atom. The second-order valence-corrected chi connectivity index (χ2v) is 11.0. The van der Waals surface area contributed by atoms with E-state index in [1.54, 1.807) is 0 Å². The Kier molecular flexibility index (Phi) is 4.08. The van der Waals surface area contributed by atoms with Crippen LogP contribution in [0.15, 0.2) is 170 Å². The summed E-state index contributed by atoms with van der Waals surface area (Å²) in [5, 5.41) is 6.76. The Balaban J connectivity index is 1.50. The van der Waals surface area contributed by atoms with Gasteiger partial charge in [-0.05, 0) is 87.2 Å². The summed E-state index contributed by atoms with van der Waals surface area (Å²) in [4.78, 5) is 0. The topological polar surface area (TPSA) is 0 Å². The first-order valence-corrected chi connectivity index (χ1v) is 14.6. The third-order valence-corrected chi connectivity index (χ3v) is 8.69. The molecule has 0 unspecified atom stereocenters. The monoisotopic (exact) mass is 564 g/mol. The highest BCUT2D eigenvalue weighted by Gasteiger charge is 2.18. The van der Waals surface area contributed by atoms with Gasteiger partial charge in [0.1, 0.15) is 0 Å². The summed E-state index contributed by atoms with van der Waals surface area (Å²) < 4.78 is 72.6. The van der Waals surface area contributed by atoms with Crippen LogP contribution < -0.4 is 0 Å². The van der Waals surface area contributed by atoms with Gasteiger partial charge in [-0.2, -0.15) is 0 Å². The summed E-state index contributed by atoms with van der Waals surface area (Å²) in [6.45, 7) is 0. The van der Waals surface area contributed by atoms with Crippen LogP contribution in [0.5, 0.6) is 0 Å². The van der Waals surface area contributed by atoms with Crippen molar-refractivity contribution < 1.29 is 11.0 Å². The predicted octanol–water partition coefficient (Wildman–Crippen LogP) is 12.5. The van der Waals surface area contributed by atoms with E-state index >= 15 is 0 Å². The van der Waals surface area contributed by atoms with Gasteiger partial charge in [-0.1, -0.05) is 170 Å². The van der Waals surface area contributed by atoms with Crippen molar-refractivity contribution >= 4 is 53.9 Å². The molecule has 0 aliphatic rings. The third kappa shape index (κ3) is 3.78. The second-order valence-electron chi connectivity index (χ2n) is 11.0. The normalized spacial score (nSPS) is 14.2. The molecule has 0 saturated carbocycles. The summed E-state index contributed by atoms with van der Waals surface area (Å²) in [6, 6.07) is 36.8. The van der Waals surface area contributed by atoms with E-state index in [1.165, 1.54) is 0 Å². The van der Waals surface area contributed by atoms with Crippen molar-refractivity contribution in [2.24, 2.45) is 0 Å². The van der Waals surface area contributed by atoms with Crippen molar-refractivity contribution in [3.63, 3.8) is 0 Å². The van der Waals surface area contributed by atoms with E-state index in [0.29, 0.717) is 22.3 Å². The van der Waals surface area contributed by atoms with E-state index in [-0.39, 0.29) is 45.7 Å². The van der Waals surface area contributed by atoms with Gasteiger partial charge in [0.25, 0.3) is 0 Å². The first-order chi connectivity index (χ1) is 25.2. The van der Waals surface area contributed by atoms with Crippen LogP contribution in [0.25, 0.3) is 87.2 Å². The molecule has 0 amide bonds. The molecule has 0 saturated heterocycles. The van der Waals surface area contributed by atoms with Crippen molar-refractivity contribution in [1.29, 1.82) is 0 Å². The second kappa shape index (κ2) is 9.93. The van der Waals surface area contributed by atoms with Gasteiger partial charge in [0.15, 0.2) is 0 Å². The number of benzene rings is 9. The quantitative estimate of drug-likeness (QED) is 0.148. The zero-order valence-corrected chi connectivity index (χ0v) is 23.5. The molecular weight excluding hydrogens is 528 g/mol. The van der Waals surface area contributed by atoms with Gasteiger partial charge in [0.2, 0.25) is 0 Å². The van der Waals surface area contributed by atoms with Crippen molar-refractivity contribution in [1.82, 2.24) is 0 Å². The van der Waals surface area contributed by atoms with Crippen molar-refractivity contribution in [2.75, 3.05) is 0 Å². The molecule has 0 aromatic heterocycles. The van der Waals surface area contributed by atoms with E-state index in [0.717, 1.165) is 43.4 Å². The standard InChI is InChI=1S/C44H28/c1-2-11-29(12-3-1)30-21-24-32(25-22-30)43-38-15-6-8-17-40(38)44(41-18-9-7-16-39(41)43)37-20-10-19-36-35(37)28-27-33-26-23-31-13-4-5-14-34(31)42(33)36/h1-28H/i6D,7D,8D,9D,15D,16D,17D,18D. The Morgan fingerprint density at radius 2 is 0.864 bits per heavy atom. The molecule has 0 bridgehead atoms. The Bertz CT molecular complexity index is 2890. The van der Waals surface area contributed by atoms with Crippen LogP contribution in [0.2, 0.25) is 0 Å². The summed E-state index contributed by atoms with van der Waals surface area (Å²) in [5.41, 5.74) is 3.81. The predicted molar refractivity (Wildman–Crippen MR) is 190 cm³/mol. The third-order valence-electron chi connectivity index (χ3n) is 8.69. The molecule has 0 heterocycles. The molecule has 204 valence electrons. The SMILES string of the molecule is [2H]c1c([2H])c([2H])c2c(-c3cccc4c3ccc3ccc5ccccc5c34)c3c([2H])c([2H])c([2H])c([2H])c3c(-c3ccc(-c4ccccc4)cc3)c2c1[2H]. The molecule has 44 heavy (non-hydrogen) atoms. The molecule has 0 spiro atoms. The molecule has 0 atom stereocenters. The molecule has 0 radical (unpaired) electrons. The van der Waals surface area contributed by atoms with Gasteiger partial charge in [-0.15, -0.1) is 0 Å². The maximum absolute atomic E-state index is 9.38. The Morgan fingerprint density at radius 3 is 1.59 bits per heavy atom. The van der Waals surface area contributed by atoms with Crippen molar-refractivity contribution in [3.05, 3.63) is 170 Å². The highest BCUT2D eigenvalue weighted by atomic mass is 14.2. The molecule has 0 N–H and O–H groups in total. The molecule has 0 nitrogen and oxygen atoms in total. The van der Waals surface area contributed by atoms with E-state index < -0.39 is 24.2 Å². The Labute approximate surface area is 267 Å². The maximum Gasteiger partial charge on any atom is 0.0629 e. The average molecular weight is 565 g/mol. The first-order valence-electron chi connectivity index (χ1n) is 18.6. The van der Waals surface area contributed by atoms with Crippen LogP contribution in [0.1, 0.15) is 11.0 Å². The summed E-state index contributed by atoms with van der Waals surface area (Å²) in [6.07, 6.45) is 0. The number of fused-ring (bicyclic) bond motifs is 7. The molecule has 9 rings (SSSR count). The van der Waals surface area contributed by atoms with Gasteiger partial charge in [0, 0.05) is 0 Å². The smallest absolute Gasteiger partial charge is 0.0622 e. The first kappa shape index (κ1) is 18.1. The lowest BCUT2D eigenvalue weighted by atomic mass is 9.84. The van der Waals surface area contributed by atoms with Crippen LogP contribution in [-0.2, 0) is 0 Å². The minimum Gasteiger partial charge on any atom is -0.0622 e. The minimum absolute atomic E-state index is 0.203. The molecule has 0 aliphatic heterocycles. The van der Waals surface area contributed by atoms with Gasteiger partial charge in [-0.3, -0.25) is 0 Å². The minimum atomic E-state index is -0.416. The van der Waals surface area contributed by atoms with E-state index in [1.807, 2.05) is 97.1 Å². The highest BCUT2D eigenvalue weighted by Crippen LogP contribution is 2.46. The van der Waals surface area contributed by atoms with E-state index in [9.17, 15) is 5.48 Å². The van der Waals surface area contributed by atoms with Gasteiger partial charge >= 0.3 is 0 Å². The zero-order valence-electron chi connectivity index (χ0n) is 31.5. The average Bonchev–Trinajstić information content (AvgIpc) is 3.19. The van der Waals surface area contributed by atoms with Crippen LogP contribution in [0.3, 0.4) is 0 Å². The molecule has 9 aromatic carbocycles.